The molecule has 1 aliphatic heterocycles. The zero-order chi connectivity index (χ0) is 23.7. The van der Waals surface area contributed by atoms with Crippen LogP contribution in [0.4, 0.5) is 14.5 Å². The van der Waals surface area contributed by atoms with Gasteiger partial charge in [0.25, 0.3) is 11.8 Å². The summed E-state index contributed by atoms with van der Waals surface area (Å²) >= 11 is 0. The highest BCUT2D eigenvalue weighted by Crippen LogP contribution is 2.34. The summed E-state index contributed by atoms with van der Waals surface area (Å²) in [7, 11) is 0. The number of piperidine rings is 1. The lowest BCUT2D eigenvalue weighted by molar-refractivity contribution is 0.0714. The molecule has 1 aromatic heterocycles. The summed E-state index contributed by atoms with van der Waals surface area (Å²) in [6.07, 6.45) is 3.70. The number of para-hydroxylation sites is 2. The molecule has 172 valence electrons. The molecule has 2 N–H and O–H groups in total. The predicted octanol–water partition coefficient (Wildman–Crippen LogP) is 5.72. The van der Waals surface area contributed by atoms with E-state index in [1.54, 1.807) is 29.2 Å². The molecule has 1 aliphatic rings. The lowest BCUT2D eigenvalue weighted by Crippen LogP contribution is -2.38. The monoisotopic (exact) mass is 459 g/mol. The van der Waals surface area contributed by atoms with Crippen LogP contribution in [-0.4, -0.2) is 34.8 Å². The Bertz CT molecular complexity index is 1350. The highest BCUT2D eigenvalue weighted by Gasteiger charge is 2.28. The molecule has 2 amide bonds. The van der Waals surface area contributed by atoms with E-state index in [-0.39, 0.29) is 17.2 Å². The number of aromatic nitrogens is 1. The van der Waals surface area contributed by atoms with Crippen molar-refractivity contribution in [2.75, 3.05) is 18.4 Å². The number of carbonyl (C=O) groups is 2. The number of amides is 2. The number of fused-ring (bicyclic) bond motifs is 1. The van der Waals surface area contributed by atoms with Crippen molar-refractivity contribution in [3.05, 3.63) is 101 Å². The van der Waals surface area contributed by atoms with Crippen molar-refractivity contribution in [1.29, 1.82) is 0 Å². The van der Waals surface area contributed by atoms with Gasteiger partial charge in [0.1, 0.15) is 17.2 Å². The van der Waals surface area contributed by atoms with Gasteiger partial charge in [0.05, 0.1) is 11.3 Å². The lowest BCUT2D eigenvalue weighted by Gasteiger charge is -2.32. The Kier molecular flexibility index (Phi) is 5.84. The second-order valence-corrected chi connectivity index (χ2v) is 8.45. The van der Waals surface area contributed by atoms with Gasteiger partial charge in [-0.2, -0.15) is 0 Å². The number of rotatable bonds is 4. The van der Waals surface area contributed by atoms with E-state index in [1.165, 1.54) is 17.0 Å². The third kappa shape index (κ3) is 4.05. The molecule has 5 nitrogen and oxygen atoms in total. The lowest BCUT2D eigenvalue weighted by atomic mass is 9.89. The molecule has 0 spiro atoms. The number of H-pyrrole nitrogens is 1. The van der Waals surface area contributed by atoms with Crippen LogP contribution in [0.15, 0.2) is 72.9 Å². The van der Waals surface area contributed by atoms with Crippen LogP contribution in [0.3, 0.4) is 0 Å². The minimum absolute atomic E-state index is 0.220. The van der Waals surface area contributed by atoms with Crippen molar-refractivity contribution >= 4 is 28.4 Å². The average Bonchev–Trinajstić information content (AvgIpc) is 3.28. The molecule has 1 saturated heterocycles. The molecule has 0 saturated carbocycles. The molecule has 5 rings (SSSR count). The normalized spacial score (nSPS) is 14.4. The largest absolute Gasteiger partial charge is 0.361 e. The third-order valence-corrected chi connectivity index (χ3v) is 6.44. The van der Waals surface area contributed by atoms with E-state index in [1.807, 2.05) is 12.1 Å². The smallest absolute Gasteiger partial charge is 0.261 e. The summed E-state index contributed by atoms with van der Waals surface area (Å²) in [6, 6.07) is 17.9. The van der Waals surface area contributed by atoms with E-state index < -0.39 is 23.1 Å². The fourth-order valence-electron chi connectivity index (χ4n) is 4.67. The van der Waals surface area contributed by atoms with Crippen molar-refractivity contribution in [3.8, 4) is 0 Å². The van der Waals surface area contributed by atoms with Crippen LogP contribution >= 0.6 is 0 Å². The summed E-state index contributed by atoms with van der Waals surface area (Å²) in [6.45, 7) is 1.15. The molecule has 0 bridgehead atoms. The average molecular weight is 459 g/mol. The van der Waals surface area contributed by atoms with Crippen LogP contribution in [0.1, 0.15) is 45.0 Å². The molecule has 0 unspecified atom stereocenters. The van der Waals surface area contributed by atoms with E-state index >= 15 is 0 Å². The quantitative estimate of drug-likeness (QED) is 0.410. The van der Waals surface area contributed by atoms with Gasteiger partial charge in [-0.15, -0.1) is 0 Å². The van der Waals surface area contributed by atoms with Crippen molar-refractivity contribution < 1.29 is 18.4 Å². The number of benzene rings is 3. The zero-order valence-electron chi connectivity index (χ0n) is 18.4. The number of carbonyl (C=O) groups excluding carboxylic acids is 2. The SMILES string of the molecule is O=C(Nc1ccccc1C(=O)N1CCC(c2c[nH]c3ccccc23)CC1)c1c(F)cccc1F. The molecule has 4 aromatic rings. The molecule has 0 aliphatic carbocycles. The number of likely N-dealkylation sites (tertiary alicyclic amines) is 1. The number of nitrogens with one attached hydrogen (secondary N) is 2. The maximum Gasteiger partial charge on any atom is 0.261 e. The fourth-order valence-corrected chi connectivity index (χ4v) is 4.67. The van der Waals surface area contributed by atoms with Crippen molar-refractivity contribution in [2.24, 2.45) is 0 Å². The van der Waals surface area contributed by atoms with Crippen LogP contribution in [-0.2, 0) is 0 Å². The summed E-state index contributed by atoms with van der Waals surface area (Å²) in [4.78, 5) is 30.9. The van der Waals surface area contributed by atoms with Crippen LogP contribution in [0.5, 0.6) is 0 Å². The molecule has 1 fully saturated rings. The number of halogens is 2. The first-order valence-electron chi connectivity index (χ1n) is 11.2. The van der Waals surface area contributed by atoms with E-state index in [4.69, 9.17) is 0 Å². The molecule has 0 radical (unpaired) electrons. The number of anilines is 1. The highest BCUT2D eigenvalue weighted by atomic mass is 19.1. The maximum absolute atomic E-state index is 14.0. The molecule has 3 aromatic carbocycles. The van der Waals surface area contributed by atoms with Crippen molar-refractivity contribution in [2.45, 2.75) is 18.8 Å². The first-order chi connectivity index (χ1) is 16.5. The van der Waals surface area contributed by atoms with Gasteiger partial charge in [-0.1, -0.05) is 36.4 Å². The number of aromatic amines is 1. The topological polar surface area (TPSA) is 65.2 Å². The number of hydrogen-bond acceptors (Lipinski definition) is 2. The summed E-state index contributed by atoms with van der Waals surface area (Å²) in [5, 5.41) is 3.72. The Hall–Kier alpha value is -4.00. The summed E-state index contributed by atoms with van der Waals surface area (Å²) in [5.74, 6) is -2.73. The minimum atomic E-state index is -0.958. The second kappa shape index (κ2) is 9.09. The van der Waals surface area contributed by atoms with Gasteiger partial charge in [0.15, 0.2) is 0 Å². The Morgan fingerprint density at radius 1 is 0.882 bits per heavy atom. The predicted molar refractivity (Wildman–Crippen MR) is 127 cm³/mol. The van der Waals surface area contributed by atoms with Crippen LogP contribution in [0, 0.1) is 11.6 Å². The molecule has 2 heterocycles. The standard InChI is InChI=1S/C27H23F2N3O2/c28-21-8-5-9-22(29)25(21)26(33)31-24-11-4-2-7-19(24)27(34)32-14-12-17(13-15-32)20-16-30-23-10-3-1-6-18(20)23/h1-11,16-17,30H,12-15H2,(H,31,33). The van der Waals surface area contributed by atoms with Gasteiger partial charge in [-0.05, 0) is 54.7 Å². The Balaban J connectivity index is 1.31. The first kappa shape index (κ1) is 21.8. The molecule has 34 heavy (non-hydrogen) atoms. The Morgan fingerprint density at radius 3 is 2.32 bits per heavy atom. The zero-order valence-corrected chi connectivity index (χ0v) is 18.4. The van der Waals surface area contributed by atoms with E-state index in [0.29, 0.717) is 19.0 Å². The van der Waals surface area contributed by atoms with Crippen LogP contribution in [0.2, 0.25) is 0 Å². The fraction of sp³-hybridized carbons (Fsp3) is 0.185. The Labute approximate surface area is 195 Å². The number of nitrogens with zero attached hydrogens (tertiary/aromatic N) is 1. The van der Waals surface area contributed by atoms with E-state index in [0.717, 1.165) is 30.5 Å². The van der Waals surface area contributed by atoms with Gasteiger partial charge in [-0.25, -0.2) is 8.78 Å². The third-order valence-electron chi connectivity index (χ3n) is 6.44. The molecular weight excluding hydrogens is 436 g/mol. The first-order valence-corrected chi connectivity index (χ1v) is 11.2. The van der Waals surface area contributed by atoms with Crippen LogP contribution in [0.25, 0.3) is 10.9 Å². The van der Waals surface area contributed by atoms with Gasteiger partial charge in [0, 0.05) is 30.2 Å². The van der Waals surface area contributed by atoms with E-state index in [2.05, 4.69) is 28.6 Å². The number of hydrogen-bond donors (Lipinski definition) is 2. The molecule has 7 heteroatoms. The Morgan fingerprint density at radius 2 is 1.56 bits per heavy atom. The maximum atomic E-state index is 14.0. The van der Waals surface area contributed by atoms with Gasteiger partial charge < -0.3 is 15.2 Å². The minimum Gasteiger partial charge on any atom is -0.361 e. The van der Waals surface area contributed by atoms with Crippen molar-refractivity contribution in [3.63, 3.8) is 0 Å². The van der Waals surface area contributed by atoms with Crippen molar-refractivity contribution in [1.82, 2.24) is 9.88 Å². The second-order valence-electron chi connectivity index (χ2n) is 8.45. The molecule has 0 atom stereocenters. The molecular formula is C27H23F2N3O2. The van der Waals surface area contributed by atoms with Crippen LogP contribution < -0.4 is 5.32 Å². The van der Waals surface area contributed by atoms with Gasteiger partial charge in [-0.3, -0.25) is 9.59 Å². The highest BCUT2D eigenvalue weighted by molar-refractivity contribution is 6.09. The van der Waals surface area contributed by atoms with E-state index in [9.17, 15) is 18.4 Å². The summed E-state index contributed by atoms with van der Waals surface area (Å²) in [5.41, 5.74) is 2.20. The van der Waals surface area contributed by atoms with Gasteiger partial charge >= 0.3 is 0 Å². The summed E-state index contributed by atoms with van der Waals surface area (Å²) < 4.78 is 28.1. The van der Waals surface area contributed by atoms with Gasteiger partial charge in [0.2, 0.25) is 0 Å².